The standard InChI is InChI=1S/C10H9Cl/c11-10-6-4-9(5-7-10)8-2-1-3-8/h2,4-7H,1,3H2. The smallest absolute Gasteiger partial charge is 0.0406 e. The Kier molecular flexibility index (Phi) is 1.71. The molecule has 56 valence electrons. The van der Waals surface area contributed by atoms with Gasteiger partial charge >= 0.3 is 0 Å². The van der Waals surface area contributed by atoms with E-state index < -0.39 is 0 Å². The first kappa shape index (κ1) is 6.93. The first-order valence-corrected chi connectivity index (χ1v) is 4.19. The summed E-state index contributed by atoms with van der Waals surface area (Å²) in [4.78, 5) is 0. The Hall–Kier alpha value is -0.750. The van der Waals surface area contributed by atoms with Gasteiger partial charge in [-0.1, -0.05) is 29.8 Å². The molecule has 0 heterocycles. The van der Waals surface area contributed by atoms with Crippen molar-refractivity contribution >= 4 is 17.2 Å². The average molecular weight is 165 g/mol. The summed E-state index contributed by atoms with van der Waals surface area (Å²) >= 11 is 5.76. The zero-order valence-electron chi connectivity index (χ0n) is 6.18. The maximum Gasteiger partial charge on any atom is 0.0406 e. The van der Waals surface area contributed by atoms with Gasteiger partial charge < -0.3 is 0 Å². The van der Waals surface area contributed by atoms with E-state index in [1.165, 1.54) is 24.0 Å². The van der Waals surface area contributed by atoms with Gasteiger partial charge in [-0.3, -0.25) is 0 Å². The van der Waals surface area contributed by atoms with E-state index in [4.69, 9.17) is 11.6 Å². The van der Waals surface area contributed by atoms with Crippen molar-refractivity contribution in [1.29, 1.82) is 0 Å². The highest BCUT2D eigenvalue weighted by molar-refractivity contribution is 6.30. The number of benzene rings is 1. The summed E-state index contributed by atoms with van der Waals surface area (Å²) in [5.41, 5.74) is 2.78. The molecule has 1 aromatic carbocycles. The molecule has 0 nitrogen and oxygen atoms in total. The predicted molar refractivity (Wildman–Crippen MR) is 48.7 cm³/mol. The summed E-state index contributed by atoms with van der Waals surface area (Å²) in [5, 5.41) is 0.814. The van der Waals surface area contributed by atoms with Gasteiger partial charge in [-0.15, -0.1) is 0 Å². The van der Waals surface area contributed by atoms with Crippen molar-refractivity contribution in [2.24, 2.45) is 0 Å². The Labute approximate surface area is 71.5 Å². The summed E-state index contributed by atoms with van der Waals surface area (Å²) < 4.78 is 0. The number of rotatable bonds is 1. The topological polar surface area (TPSA) is 0 Å². The summed E-state index contributed by atoms with van der Waals surface area (Å²) in [5.74, 6) is 0. The first-order valence-electron chi connectivity index (χ1n) is 3.81. The van der Waals surface area contributed by atoms with Crippen LogP contribution in [0.25, 0.3) is 5.57 Å². The van der Waals surface area contributed by atoms with Crippen molar-refractivity contribution in [3.63, 3.8) is 0 Å². The van der Waals surface area contributed by atoms with Gasteiger partial charge in [0.05, 0.1) is 0 Å². The molecule has 0 amide bonds. The van der Waals surface area contributed by atoms with Crippen LogP contribution >= 0.6 is 11.6 Å². The van der Waals surface area contributed by atoms with E-state index in [-0.39, 0.29) is 0 Å². The molecular formula is C10H9Cl. The minimum absolute atomic E-state index is 0.814. The molecule has 0 radical (unpaired) electrons. The van der Waals surface area contributed by atoms with Gasteiger partial charge in [0, 0.05) is 5.02 Å². The quantitative estimate of drug-likeness (QED) is 0.596. The number of hydrogen-bond donors (Lipinski definition) is 0. The van der Waals surface area contributed by atoms with E-state index in [1.54, 1.807) is 0 Å². The summed E-state index contributed by atoms with van der Waals surface area (Å²) in [7, 11) is 0. The average Bonchev–Trinajstić information content (AvgIpc) is 1.90. The van der Waals surface area contributed by atoms with Crippen molar-refractivity contribution < 1.29 is 0 Å². The van der Waals surface area contributed by atoms with E-state index in [0.717, 1.165) is 5.02 Å². The second-order valence-corrected chi connectivity index (χ2v) is 3.21. The molecule has 0 saturated heterocycles. The van der Waals surface area contributed by atoms with Gasteiger partial charge in [0.25, 0.3) is 0 Å². The highest BCUT2D eigenvalue weighted by Crippen LogP contribution is 2.29. The van der Waals surface area contributed by atoms with Crippen LogP contribution in [0.1, 0.15) is 18.4 Å². The van der Waals surface area contributed by atoms with E-state index in [9.17, 15) is 0 Å². The zero-order valence-corrected chi connectivity index (χ0v) is 6.93. The molecule has 1 heteroatoms. The fourth-order valence-corrected chi connectivity index (χ4v) is 1.34. The SMILES string of the molecule is Clc1ccc(C2=CCC2)cc1. The minimum Gasteiger partial charge on any atom is -0.0843 e. The van der Waals surface area contributed by atoms with Crippen molar-refractivity contribution in [3.8, 4) is 0 Å². The summed E-state index contributed by atoms with van der Waals surface area (Å²) in [6.07, 6.45) is 4.73. The third-order valence-corrected chi connectivity index (χ3v) is 2.27. The van der Waals surface area contributed by atoms with Crippen molar-refractivity contribution in [1.82, 2.24) is 0 Å². The van der Waals surface area contributed by atoms with Gasteiger partial charge in [-0.25, -0.2) is 0 Å². The molecule has 11 heavy (non-hydrogen) atoms. The molecule has 0 fully saturated rings. The zero-order chi connectivity index (χ0) is 7.68. The summed E-state index contributed by atoms with van der Waals surface area (Å²) in [6, 6.07) is 8.03. The van der Waals surface area contributed by atoms with Crippen LogP contribution in [0.4, 0.5) is 0 Å². The van der Waals surface area contributed by atoms with Crippen LogP contribution in [-0.2, 0) is 0 Å². The lowest BCUT2D eigenvalue weighted by molar-refractivity contribution is 0.988. The van der Waals surface area contributed by atoms with E-state index >= 15 is 0 Å². The van der Waals surface area contributed by atoms with Gasteiger partial charge in [-0.05, 0) is 36.1 Å². The highest BCUT2D eigenvalue weighted by atomic mass is 35.5. The normalized spacial score (nSPS) is 15.5. The van der Waals surface area contributed by atoms with Crippen LogP contribution in [-0.4, -0.2) is 0 Å². The molecule has 0 N–H and O–H groups in total. The maximum absolute atomic E-state index is 5.76. The van der Waals surface area contributed by atoms with Crippen LogP contribution in [0.15, 0.2) is 30.3 Å². The lowest BCUT2D eigenvalue weighted by Crippen LogP contribution is -1.92. The second kappa shape index (κ2) is 2.71. The van der Waals surface area contributed by atoms with Gasteiger partial charge in [0.1, 0.15) is 0 Å². The van der Waals surface area contributed by atoms with Crippen LogP contribution in [0.5, 0.6) is 0 Å². The molecular weight excluding hydrogens is 156 g/mol. The number of allylic oxidation sites excluding steroid dienone is 2. The van der Waals surface area contributed by atoms with Crippen molar-refractivity contribution in [3.05, 3.63) is 40.9 Å². The largest absolute Gasteiger partial charge is 0.0843 e. The fourth-order valence-electron chi connectivity index (χ4n) is 1.21. The Morgan fingerprint density at radius 2 is 1.73 bits per heavy atom. The summed E-state index contributed by atoms with van der Waals surface area (Å²) in [6.45, 7) is 0. The second-order valence-electron chi connectivity index (χ2n) is 2.77. The molecule has 1 aromatic rings. The van der Waals surface area contributed by atoms with Gasteiger partial charge in [0.2, 0.25) is 0 Å². The number of hydrogen-bond acceptors (Lipinski definition) is 0. The third kappa shape index (κ3) is 1.31. The Balaban J connectivity index is 2.32. The molecule has 2 rings (SSSR count). The predicted octanol–water partition coefficient (Wildman–Crippen LogP) is 3.52. The molecule has 1 aliphatic rings. The number of halogens is 1. The van der Waals surface area contributed by atoms with Gasteiger partial charge in [0.15, 0.2) is 0 Å². The molecule has 0 unspecified atom stereocenters. The van der Waals surface area contributed by atoms with Crippen molar-refractivity contribution in [2.45, 2.75) is 12.8 Å². The molecule has 0 aliphatic heterocycles. The van der Waals surface area contributed by atoms with E-state index in [2.05, 4.69) is 18.2 Å². The van der Waals surface area contributed by atoms with Crippen molar-refractivity contribution in [2.75, 3.05) is 0 Å². The van der Waals surface area contributed by atoms with Crippen LogP contribution < -0.4 is 0 Å². The van der Waals surface area contributed by atoms with Crippen LogP contribution in [0.3, 0.4) is 0 Å². The lowest BCUT2D eigenvalue weighted by Gasteiger charge is -2.13. The molecule has 0 spiro atoms. The molecule has 1 aliphatic carbocycles. The Bertz CT molecular complexity index is 282. The monoisotopic (exact) mass is 164 g/mol. The Morgan fingerprint density at radius 3 is 2.18 bits per heavy atom. The maximum atomic E-state index is 5.76. The fraction of sp³-hybridized carbons (Fsp3) is 0.200. The third-order valence-electron chi connectivity index (χ3n) is 2.02. The lowest BCUT2D eigenvalue weighted by atomic mass is 9.92. The first-order chi connectivity index (χ1) is 5.36. The molecule has 0 atom stereocenters. The molecule has 0 bridgehead atoms. The van der Waals surface area contributed by atoms with E-state index in [1.807, 2.05) is 12.1 Å². The van der Waals surface area contributed by atoms with Gasteiger partial charge in [-0.2, -0.15) is 0 Å². The van der Waals surface area contributed by atoms with Crippen LogP contribution in [0.2, 0.25) is 5.02 Å². The highest BCUT2D eigenvalue weighted by Gasteiger charge is 2.06. The Morgan fingerprint density at radius 1 is 1.09 bits per heavy atom. The minimum atomic E-state index is 0.814. The molecule has 0 saturated carbocycles. The van der Waals surface area contributed by atoms with Crippen LogP contribution in [0, 0.1) is 0 Å². The van der Waals surface area contributed by atoms with E-state index in [0.29, 0.717) is 0 Å². The molecule has 0 aromatic heterocycles.